The monoisotopic (exact) mass is 259 g/mol. The minimum atomic E-state index is -0.936. The molecule has 1 aliphatic heterocycles. The van der Waals surface area contributed by atoms with Gasteiger partial charge in [-0.2, -0.15) is 0 Å². The maximum absolute atomic E-state index is 12.4. The molecule has 4 nitrogen and oxygen atoms in total. The van der Waals surface area contributed by atoms with E-state index in [1.165, 1.54) is 0 Å². The van der Waals surface area contributed by atoms with Crippen LogP contribution in [0.15, 0.2) is 24.3 Å². The molecule has 1 aromatic rings. The molecule has 1 aromatic carbocycles. The highest BCUT2D eigenvalue weighted by atomic mass is 16.4. The molecular formula is C15H17NO3. The average molecular weight is 259 g/mol. The summed E-state index contributed by atoms with van der Waals surface area (Å²) in [6.45, 7) is 2.55. The van der Waals surface area contributed by atoms with Crippen molar-refractivity contribution >= 4 is 11.9 Å². The van der Waals surface area contributed by atoms with Gasteiger partial charge >= 0.3 is 5.97 Å². The Morgan fingerprint density at radius 2 is 2.00 bits per heavy atom. The summed E-state index contributed by atoms with van der Waals surface area (Å²) in [7, 11) is 0. The number of fused-ring (bicyclic) bond motifs is 1. The van der Waals surface area contributed by atoms with Gasteiger partial charge in [0, 0.05) is 12.5 Å². The minimum absolute atomic E-state index is 0.00871. The average Bonchev–Trinajstić information content (AvgIpc) is 3.13. The van der Waals surface area contributed by atoms with Crippen molar-refractivity contribution in [2.45, 2.75) is 25.8 Å². The molecule has 1 saturated carbocycles. The molecule has 4 heteroatoms. The molecule has 0 bridgehead atoms. The molecule has 3 rings (SSSR count). The van der Waals surface area contributed by atoms with E-state index in [0.29, 0.717) is 12.5 Å². The second kappa shape index (κ2) is 4.37. The van der Waals surface area contributed by atoms with E-state index in [1.54, 1.807) is 4.90 Å². The lowest BCUT2D eigenvalue weighted by atomic mass is 9.92. The Hall–Kier alpha value is -1.84. The van der Waals surface area contributed by atoms with Crippen LogP contribution >= 0.6 is 0 Å². The fraction of sp³-hybridized carbons (Fsp3) is 0.467. The van der Waals surface area contributed by atoms with Crippen LogP contribution in [0.25, 0.3) is 0 Å². The topological polar surface area (TPSA) is 57.6 Å². The molecule has 1 N–H and O–H groups in total. The highest BCUT2D eigenvalue weighted by Crippen LogP contribution is 2.42. The van der Waals surface area contributed by atoms with Crippen molar-refractivity contribution in [3.8, 4) is 0 Å². The van der Waals surface area contributed by atoms with Gasteiger partial charge in [0.15, 0.2) is 6.04 Å². The van der Waals surface area contributed by atoms with Gasteiger partial charge in [0.1, 0.15) is 0 Å². The number of nitrogens with zero attached hydrogens (tertiary/aromatic N) is 1. The molecule has 1 fully saturated rings. The summed E-state index contributed by atoms with van der Waals surface area (Å²) in [4.78, 5) is 25.5. The fourth-order valence-electron chi connectivity index (χ4n) is 2.95. The van der Waals surface area contributed by atoms with Crippen molar-refractivity contribution in [3.05, 3.63) is 35.4 Å². The van der Waals surface area contributed by atoms with Crippen LogP contribution in [-0.4, -0.2) is 28.4 Å². The van der Waals surface area contributed by atoms with Crippen molar-refractivity contribution in [1.29, 1.82) is 0 Å². The van der Waals surface area contributed by atoms with Crippen LogP contribution < -0.4 is 0 Å². The van der Waals surface area contributed by atoms with Gasteiger partial charge in [-0.1, -0.05) is 31.2 Å². The molecule has 0 saturated heterocycles. The lowest BCUT2D eigenvalue weighted by Crippen LogP contribution is -2.44. The van der Waals surface area contributed by atoms with Crippen molar-refractivity contribution in [2.75, 3.05) is 6.54 Å². The molecule has 1 amide bonds. The largest absolute Gasteiger partial charge is 0.479 e. The standard InChI is InChI=1S/C15H17NO3/c1-9-8-12(9)14(17)16-7-6-10-4-2-3-5-11(10)13(16)15(18)19/h2-5,9,12-13H,6-8H2,1H3,(H,18,19). The molecule has 19 heavy (non-hydrogen) atoms. The first-order valence-electron chi connectivity index (χ1n) is 6.70. The molecule has 100 valence electrons. The van der Waals surface area contributed by atoms with Crippen molar-refractivity contribution < 1.29 is 14.7 Å². The Morgan fingerprint density at radius 1 is 1.32 bits per heavy atom. The molecule has 0 aromatic heterocycles. The van der Waals surface area contributed by atoms with Crippen LogP contribution in [0.4, 0.5) is 0 Å². The number of hydrogen-bond acceptors (Lipinski definition) is 2. The molecular weight excluding hydrogens is 242 g/mol. The number of aliphatic carboxylic acids is 1. The normalized spacial score (nSPS) is 28.7. The predicted octanol–water partition coefficient (Wildman–Crippen LogP) is 1.85. The van der Waals surface area contributed by atoms with Gasteiger partial charge in [0.2, 0.25) is 5.91 Å². The Bertz CT molecular complexity index is 540. The van der Waals surface area contributed by atoms with Gasteiger partial charge in [-0.25, -0.2) is 4.79 Å². The first-order chi connectivity index (χ1) is 9.09. The minimum Gasteiger partial charge on any atom is -0.479 e. The van der Waals surface area contributed by atoms with Crippen LogP contribution in [0.5, 0.6) is 0 Å². The van der Waals surface area contributed by atoms with Gasteiger partial charge in [-0.3, -0.25) is 4.79 Å². The zero-order chi connectivity index (χ0) is 13.6. The summed E-state index contributed by atoms with van der Waals surface area (Å²) in [6, 6.07) is 6.71. The number of carbonyl (C=O) groups excluding carboxylic acids is 1. The lowest BCUT2D eigenvalue weighted by Gasteiger charge is -2.35. The SMILES string of the molecule is CC1CC1C(=O)N1CCc2ccccc2C1C(=O)O. The summed E-state index contributed by atoms with van der Waals surface area (Å²) in [5.41, 5.74) is 1.81. The van der Waals surface area contributed by atoms with E-state index in [9.17, 15) is 14.7 Å². The zero-order valence-electron chi connectivity index (χ0n) is 10.9. The summed E-state index contributed by atoms with van der Waals surface area (Å²) in [5.74, 6) is -0.491. The number of carboxylic acids is 1. The van der Waals surface area contributed by atoms with Crippen molar-refractivity contribution in [3.63, 3.8) is 0 Å². The summed E-state index contributed by atoms with van der Waals surface area (Å²) in [5, 5.41) is 9.48. The number of hydrogen-bond donors (Lipinski definition) is 1. The third-order valence-electron chi connectivity index (χ3n) is 4.23. The molecule has 3 unspecified atom stereocenters. The van der Waals surface area contributed by atoms with E-state index in [0.717, 1.165) is 24.0 Å². The summed E-state index contributed by atoms with van der Waals surface area (Å²) >= 11 is 0. The summed E-state index contributed by atoms with van der Waals surface area (Å²) < 4.78 is 0. The molecule has 2 aliphatic rings. The number of carbonyl (C=O) groups is 2. The van der Waals surface area contributed by atoms with E-state index in [-0.39, 0.29) is 11.8 Å². The van der Waals surface area contributed by atoms with Crippen molar-refractivity contribution in [1.82, 2.24) is 4.90 Å². The first kappa shape index (κ1) is 12.2. The number of rotatable bonds is 2. The third-order valence-corrected chi connectivity index (χ3v) is 4.23. The second-order valence-electron chi connectivity index (χ2n) is 5.54. The number of benzene rings is 1. The van der Waals surface area contributed by atoms with E-state index in [2.05, 4.69) is 0 Å². The van der Waals surface area contributed by atoms with Gasteiger partial charge in [-0.05, 0) is 29.9 Å². The zero-order valence-corrected chi connectivity index (χ0v) is 10.9. The smallest absolute Gasteiger partial charge is 0.331 e. The van der Waals surface area contributed by atoms with Crippen LogP contribution in [-0.2, 0) is 16.0 Å². The van der Waals surface area contributed by atoms with E-state index < -0.39 is 12.0 Å². The van der Waals surface area contributed by atoms with Crippen LogP contribution in [0, 0.1) is 11.8 Å². The lowest BCUT2D eigenvalue weighted by molar-refractivity contribution is -0.152. The quantitative estimate of drug-likeness (QED) is 0.881. The van der Waals surface area contributed by atoms with Crippen LogP contribution in [0.3, 0.4) is 0 Å². The fourth-order valence-corrected chi connectivity index (χ4v) is 2.95. The van der Waals surface area contributed by atoms with Crippen molar-refractivity contribution in [2.24, 2.45) is 11.8 Å². The Kier molecular flexibility index (Phi) is 2.81. The molecule has 1 aliphatic carbocycles. The highest BCUT2D eigenvalue weighted by Gasteiger charge is 2.45. The van der Waals surface area contributed by atoms with E-state index in [4.69, 9.17) is 0 Å². The van der Waals surface area contributed by atoms with E-state index in [1.807, 2.05) is 31.2 Å². The van der Waals surface area contributed by atoms with Gasteiger partial charge < -0.3 is 10.0 Å². The van der Waals surface area contributed by atoms with Gasteiger partial charge in [0.25, 0.3) is 0 Å². The van der Waals surface area contributed by atoms with Gasteiger partial charge in [0.05, 0.1) is 0 Å². The molecule has 3 atom stereocenters. The molecule has 0 spiro atoms. The first-order valence-corrected chi connectivity index (χ1v) is 6.70. The Balaban J connectivity index is 1.94. The Labute approximate surface area is 112 Å². The maximum atomic E-state index is 12.4. The van der Waals surface area contributed by atoms with Gasteiger partial charge in [-0.15, -0.1) is 0 Å². The predicted molar refractivity (Wildman–Crippen MR) is 69.5 cm³/mol. The van der Waals surface area contributed by atoms with Crippen LogP contribution in [0.1, 0.15) is 30.5 Å². The Morgan fingerprint density at radius 3 is 2.63 bits per heavy atom. The second-order valence-corrected chi connectivity index (χ2v) is 5.54. The number of carboxylic acid groups (broad SMARTS) is 1. The highest BCUT2D eigenvalue weighted by molar-refractivity contribution is 5.88. The summed E-state index contributed by atoms with van der Waals surface area (Å²) in [6.07, 6.45) is 1.64. The van der Waals surface area contributed by atoms with Crippen LogP contribution in [0.2, 0.25) is 0 Å². The third kappa shape index (κ3) is 2.01. The molecule has 1 heterocycles. The van der Waals surface area contributed by atoms with E-state index >= 15 is 0 Å². The number of amides is 1. The molecule has 0 radical (unpaired) electrons. The maximum Gasteiger partial charge on any atom is 0.331 e.